The second kappa shape index (κ2) is 8.99. The first-order chi connectivity index (χ1) is 15.0. The van der Waals surface area contributed by atoms with E-state index in [1.54, 1.807) is 29.8 Å². The average molecular weight is 451 g/mol. The lowest BCUT2D eigenvalue weighted by atomic mass is 10.0. The van der Waals surface area contributed by atoms with Crippen molar-refractivity contribution in [2.45, 2.75) is 26.8 Å². The number of hydrogen-bond donors (Lipinski definition) is 0. The number of aromatic nitrogens is 1. The van der Waals surface area contributed by atoms with E-state index in [0.717, 1.165) is 16.0 Å². The zero-order valence-corrected chi connectivity index (χ0v) is 19.1. The summed E-state index contributed by atoms with van der Waals surface area (Å²) in [7, 11) is 0. The summed E-state index contributed by atoms with van der Waals surface area (Å²) in [5.41, 5.74) is 2.91. The molecule has 1 aliphatic heterocycles. The first kappa shape index (κ1) is 21.2. The first-order valence-corrected chi connectivity index (χ1v) is 11.7. The summed E-state index contributed by atoms with van der Waals surface area (Å²) in [5.74, 6) is -0.449. The molecule has 0 unspecified atom stereocenters. The molecular weight excluding hydrogens is 428 g/mol. The Bertz CT molecular complexity index is 1360. The molecule has 5 nitrogen and oxygen atoms in total. The number of aryl methyl sites for hydroxylation is 1. The molecule has 0 fully saturated rings. The van der Waals surface area contributed by atoms with Crippen LogP contribution in [0.15, 0.2) is 68.9 Å². The van der Waals surface area contributed by atoms with Crippen LogP contribution in [-0.2, 0) is 9.53 Å². The highest BCUT2D eigenvalue weighted by molar-refractivity contribution is 7.11. The maximum Gasteiger partial charge on any atom is 0.338 e. The fraction of sp³-hybridized carbons (Fsp3) is 0.208. The van der Waals surface area contributed by atoms with Gasteiger partial charge < -0.3 is 4.74 Å². The number of thiazole rings is 1. The van der Waals surface area contributed by atoms with Crippen molar-refractivity contribution in [2.75, 3.05) is 6.61 Å². The molecule has 0 amide bonds. The molecule has 158 valence electrons. The van der Waals surface area contributed by atoms with E-state index in [1.165, 1.54) is 11.3 Å². The van der Waals surface area contributed by atoms with Crippen LogP contribution in [0.4, 0.5) is 0 Å². The summed E-state index contributed by atoms with van der Waals surface area (Å²) in [6.45, 7) is 5.83. The highest BCUT2D eigenvalue weighted by Crippen LogP contribution is 2.26. The number of benzene rings is 1. The predicted octanol–water partition coefficient (Wildman–Crippen LogP) is 3.83. The van der Waals surface area contributed by atoms with Crippen molar-refractivity contribution < 1.29 is 9.53 Å². The van der Waals surface area contributed by atoms with Gasteiger partial charge in [-0.15, -0.1) is 11.3 Å². The maximum absolute atomic E-state index is 13.4. The zero-order chi connectivity index (χ0) is 22.0. The summed E-state index contributed by atoms with van der Waals surface area (Å²) in [5, 5.41) is 2.01. The molecule has 2 aromatic heterocycles. The second-order valence-corrected chi connectivity index (χ2v) is 9.04. The summed E-state index contributed by atoms with van der Waals surface area (Å²) >= 11 is 2.93. The van der Waals surface area contributed by atoms with E-state index in [-0.39, 0.29) is 12.2 Å². The van der Waals surface area contributed by atoms with Crippen LogP contribution in [0.25, 0.3) is 12.2 Å². The van der Waals surface area contributed by atoms with Crippen LogP contribution in [0.2, 0.25) is 0 Å². The van der Waals surface area contributed by atoms with Gasteiger partial charge in [-0.3, -0.25) is 9.36 Å². The van der Waals surface area contributed by atoms with Gasteiger partial charge in [0, 0.05) is 4.88 Å². The van der Waals surface area contributed by atoms with Crippen LogP contribution >= 0.6 is 22.7 Å². The predicted molar refractivity (Wildman–Crippen MR) is 126 cm³/mol. The van der Waals surface area contributed by atoms with Crippen molar-refractivity contribution in [1.29, 1.82) is 0 Å². The molecule has 0 N–H and O–H groups in total. The third kappa shape index (κ3) is 4.24. The number of hydrogen-bond acceptors (Lipinski definition) is 6. The van der Waals surface area contributed by atoms with E-state index in [4.69, 9.17) is 4.74 Å². The molecular formula is C24H22N2O3S2. The maximum atomic E-state index is 13.4. The average Bonchev–Trinajstić information content (AvgIpc) is 3.29. The molecule has 7 heteroatoms. The highest BCUT2D eigenvalue weighted by atomic mass is 32.1. The third-order valence-corrected chi connectivity index (χ3v) is 6.94. The fourth-order valence-corrected chi connectivity index (χ4v) is 5.40. The molecule has 3 aromatic rings. The minimum absolute atomic E-state index is 0.159. The van der Waals surface area contributed by atoms with Crippen LogP contribution in [0, 0.1) is 6.92 Å². The lowest BCUT2D eigenvalue weighted by molar-refractivity contribution is -0.139. The minimum atomic E-state index is -0.581. The quantitative estimate of drug-likeness (QED) is 0.555. The molecule has 1 aliphatic rings. The number of carbonyl (C=O) groups excluding carboxylic acids is 1. The van der Waals surface area contributed by atoms with Gasteiger partial charge in [-0.2, -0.15) is 0 Å². The molecule has 0 radical (unpaired) electrons. The van der Waals surface area contributed by atoms with Crippen LogP contribution in [0.1, 0.15) is 35.9 Å². The number of esters is 1. The van der Waals surface area contributed by atoms with Crippen molar-refractivity contribution >= 4 is 40.8 Å². The lowest BCUT2D eigenvalue weighted by Gasteiger charge is -2.21. The largest absolute Gasteiger partial charge is 0.463 e. The molecule has 1 atom stereocenters. The first-order valence-electron chi connectivity index (χ1n) is 9.96. The topological polar surface area (TPSA) is 60.7 Å². The van der Waals surface area contributed by atoms with Crippen LogP contribution in [0.3, 0.4) is 0 Å². The molecule has 4 rings (SSSR count). The normalized spacial score (nSPS) is 16.5. The van der Waals surface area contributed by atoms with Gasteiger partial charge in [0.1, 0.15) is 0 Å². The standard InChI is InChI=1S/C24H22N2O3S2/c1-4-29-23(28)21-16(3)25-24-26(18(21)11-10-17-8-6-5-7-9-17)22(27)20(31-24)14-19-15(2)12-13-30-19/h5-14,18H,4H2,1-3H3/b11-10+,20-14+/t18-/m0/s1. The molecule has 31 heavy (non-hydrogen) atoms. The number of carbonyl (C=O) groups is 1. The molecule has 0 spiro atoms. The summed E-state index contributed by atoms with van der Waals surface area (Å²) in [4.78, 5) is 32.4. The summed E-state index contributed by atoms with van der Waals surface area (Å²) in [6.07, 6.45) is 5.70. The monoisotopic (exact) mass is 450 g/mol. The Labute approximate surface area is 188 Å². The van der Waals surface area contributed by atoms with Crippen molar-refractivity contribution in [3.8, 4) is 0 Å². The van der Waals surface area contributed by atoms with E-state index in [0.29, 0.717) is 20.6 Å². The number of rotatable bonds is 5. The van der Waals surface area contributed by atoms with Gasteiger partial charge in [-0.05, 0) is 49.4 Å². The van der Waals surface area contributed by atoms with Crippen molar-refractivity contribution in [1.82, 2.24) is 4.57 Å². The summed E-state index contributed by atoms with van der Waals surface area (Å²) in [6, 6.07) is 11.2. The SMILES string of the molecule is CCOC(=O)C1=C(C)N=c2s/c(=C/c3sccc3C)c(=O)n2[C@H]1/C=C/c1ccccc1. The molecule has 1 aromatic carbocycles. The Balaban J connectivity index is 1.89. The van der Waals surface area contributed by atoms with Gasteiger partial charge in [-0.25, -0.2) is 9.79 Å². The third-order valence-electron chi connectivity index (χ3n) is 4.99. The van der Waals surface area contributed by atoms with Gasteiger partial charge in [0.05, 0.1) is 28.5 Å². The Morgan fingerprint density at radius 2 is 2.00 bits per heavy atom. The Hall–Kier alpha value is -3.03. The number of ether oxygens (including phenoxy) is 1. The number of nitrogens with zero attached hydrogens (tertiary/aromatic N) is 2. The van der Waals surface area contributed by atoms with Gasteiger partial charge in [0.25, 0.3) is 5.56 Å². The smallest absolute Gasteiger partial charge is 0.338 e. The van der Waals surface area contributed by atoms with E-state index < -0.39 is 12.0 Å². The van der Waals surface area contributed by atoms with Crippen LogP contribution in [0.5, 0.6) is 0 Å². The molecule has 3 heterocycles. The van der Waals surface area contributed by atoms with Gasteiger partial charge in [0.2, 0.25) is 0 Å². The number of fused-ring (bicyclic) bond motifs is 1. The van der Waals surface area contributed by atoms with E-state index in [2.05, 4.69) is 4.99 Å². The second-order valence-electron chi connectivity index (χ2n) is 7.08. The fourth-order valence-electron chi connectivity index (χ4n) is 3.43. The number of allylic oxidation sites excluding steroid dienone is 2. The van der Waals surface area contributed by atoms with E-state index in [9.17, 15) is 9.59 Å². The molecule has 0 saturated carbocycles. The van der Waals surface area contributed by atoms with E-state index >= 15 is 0 Å². The van der Waals surface area contributed by atoms with Gasteiger partial charge in [0.15, 0.2) is 4.80 Å². The minimum Gasteiger partial charge on any atom is -0.463 e. The zero-order valence-electron chi connectivity index (χ0n) is 17.5. The van der Waals surface area contributed by atoms with E-state index in [1.807, 2.05) is 66.9 Å². The highest BCUT2D eigenvalue weighted by Gasteiger charge is 2.30. The number of thiophene rings is 1. The van der Waals surface area contributed by atoms with Crippen LogP contribution < -0.4 is 14.9 Å². The molecule has 0 bridgehead atoms. The van der Waals surface area contributed by atoms with Gasteiger partial charge >= 0.3 is 5.97 Å². The van der Waals surface area contributed by atoms with Gasteiger partial charge in [-0.1, -0.05) is 53.8 Å². The Kier molecular flexibility index (Phi) is 6.15. The van der Waals surface area contributed by atoms with Crippen molar-refractivity contribution in [3.63, 3.8) is 0 Å². The summed E-state index contributed by atoms with van der Waals surface area (Å²) < 4.78 is 7.48. The van der Waals surface area contributed by atoms with Crippen LogP contribution in [-0.4, -0.2) is 17.1 Å². The Morgan fingerprint density at radius 1 is 1.23 bits per heavy atom. The Morgan fingerprint density at radius 3 is 2.68 bits per heavy atom. The van der Waals surface area contributed by atoms with Crippen molar-refractivity contribution in [2.24, 2.45) is 4.99 Å². The molecule has 0 aliphatic carbocycles. The lowest BCUT2D eigenvalue weighted by Crippen LogP contribution is -2.38. The molecule has 0 saturated heterocycles. The van der Waals surface area contributed by atoms with Crippen molar-refractivity contribution in [3.05, 3.63) is 94.8 Å².